The Morgan fingerprint density at radius 1 is 0.975 bits per heavy atom. The summed E-state index contributed by atoms with van der Waals surface area (Å²) in [4.78, 5) is 17.4. The number of aromatic nitrogens is 2. The lowest BCUT2D eigenvalue weighted by atomic mass is 9.99. The molecule has 1 heterocycles. The van der Waals surface area contributed by atoms with E-state index in [1.807, 2.05) is 30.3 Å². The smallest absolute Gasteiger partial charge is 0.224 e. The summed E-state index contributed by atoms with van der Waals surface area (Å²) < 4.78 is 18.9. The van der Waals surface area contributed by atoms with E-state index in [1.165, 1.54) is 5.56 Å². The Bertz CT molecular complexity index is 1380. The number of nitrogens with one attached hydrogen (secondary N) is 1. The van der Waals surface area contributed by atoms with Crippen molar-refractivity contribution in [2.24, 2.45) is 0 Å². The van der Waals surface area contributed by atoms with E-state index in [9.17, 15) is 4.79 Å². The Morgan fingerprint density at radius 3 is 2.50 bits per heavy atom. The van der Waals surface area contributed by atoms with Crippen LogP contribution >= 0.6 is 0 Å². The summed E-state index contributed by atoms with van der Waals surface area (Å²) in [6, 6.07) is 22.2. The molecule has 7 heteroatoms. The maximum atomic E-state index is 12.5. The minimum absolute atomic E-state index is 0.0185. The van der Waals surface area contributed by atoms with E-state index in [-0.39, 0.29) is 5.91 Å². The molecule has 1 N–H and O–H groups in total. The molecule has 0 bridgehead atoms. The molecule has 0 saturated heterocycles. The topological polar surface area (TPSA) is 74.6 Å². The first kappa shape index (κ1) is 29.0. The van der Waals surface area contributed by atoms with Gasteiger partial charge in [0.25, 0.3) is 0 Å². The number of para-hydroxylation sites is 2. The molecule has 40 heavy (non-hydrogen) atoms. The lowest BCUT2D eigenvalue weighted by Gasteiger charge is -2.12. The van der Waals surface area contributed by atoms with Crippen molar-refractivity contribution in [3.63, 3.8) is 0 Å². The van der Waals surface area contributed by atoms with Crippen molar-refractivity contribution in [2.45, 2.75) is 58.4 Å². The zero-order chi connectivity index (χ0) is 28.3. The fourth-order valence-electron chi connectivity index (χ4n) is 4.82. The van der Waals surface area contributed by atoms with Crippen LogP contribution in [0, 0.1) is 0 Å². The number of imidazole rings is 1. The van der Waals surface area contributed by atoms with Gasteiger partial charge >= 0.3 is 0 Å². The lowest BCUT2D eigenvalue weighted by molar-refractivity contribution is -0.120. The molecular formula is C33H41N3O4. The van der Waals surface area contributed by atoms with Gasteiger partial charge in [-0.15, -0.1) is 0 Å². The van der Waals surface area contributed by atoms with E-state index in [4.69, 9.17) is 19.2 Å². The Balaban J connectivity index is 1.27. The third kappa shape index (κ3) is 7.56. The fourth-order valence-corrected chi connectivity index (χ4v) is 4.82. The SMILES string of the molecule is CCC(C)c1ccc(OCCCn2c(CCCNC(=O)Cc3ccc(OC)c(OC)c3)nc3ccccc32)cc1. The molecule has 0 aliphatic rings. The van der Waals surface area contributed by atoms with Gasteiger partial charge in [-0.3, -0.25) is 4.79 Å². The molecule has 0 fully saturated rings. The van der Waals surface area contributed by atoms with Crippen LogP contribution in [0.3, 0.4) is 0 Å². The lowest BCUT2D eigenvalue weighted by Crippen LogP contribution is -2.26. The average Bonchev–Trinajstić information content (AvgIpc) is 3.34. The van der Waals surface area contributed by atoms with Gasteiger partial charge in [-0.25, -0.2) is 4.98 Å². The maximum Gasteiger partial charge on any atom is 0.224 e. The van der Waals surface area contributed by atoms with Crippen molar-refractivity contribution in [3.05, 3.63) is 83.7 Å². The van der Waals surface area contributed by atoms with Gasteiger partial charge in [0.1, 0.15) is 11.6 Å². The second-order valence-corrected chi connectivity index (χ2v) is 10.1. The summed E-state index contributed by atoms with van der Waals surface area (Å²) >= 11 is 0. The van der Waals surface area contributed by atoms with Crippen LogP contribution in [0.2, 0.25) is 0 Å². The van der Waals surface area contributed by atoms with Gasteiger partial charge in [-0.2, -0.15) is 0 Å². The number of aryl methyl sites for hydroxylation is 2. The first-order valence-corrected chi connectivity index (χ1v) is 14.2. The van der Waals surface area contributed by atoms with Gasteiger partial charge in [0.15, 0.2) is 11.5 Å². The first-order chi connectivity index (χ1) is 19.5. The van der Waals surface area contributed by atoms with E-state index in [0.29, 0.717) is 37.0 Å². The molecule has 7 nitrogen and oxygen atoms in total. The molecule has 0 saturated carbocycles. The second-order valence-electron chi connectivity index (χ2n) is 10.1. The average molecular weight is 544 g/mol. The highest BCUT2D eigenvalue weighted by atomic mass is 16.5. The quantitative estimate of drug-likeness (QED) is 0.177. The van der Waals surface area contributed by atoms with Crippen molar-refractivity contribution in [2.75, 3.05) is 27.4 Å². The Morgan fingerprint density at radius 2 is 1.75 bits per heavy atom. The van der Waals surface area contributed by atoms with E-state index >= 15 is 0 Å². The molecule has 1 aromatic heterocycles. The van der Waals surface area contributed by atoms with Crippen LogP contribution in [0.1, 0.15) is 56.0 Å². The van der Waals surface area contributed by atoms with Gasteiger partial charge in [-0.1, -0.05) is 44.2 Å². The molecule has 3 aromatic carbocycles. The standard InChI is InChI=1S/C33H41N3O4/c1-5-24(2)26-14-16-27(17-15-26)40-21-9-20-36-29-11-7-6-10-28(29)35-32(36)12-8-19-34-33(37)23-25-13-18-30(38-3)31(22-25)39-4/h6-7,10-11,13-18,22,24H,5,8-9,12,19-21,23H2,1-4H3,(H,34,37). The first-order valence-electron chi connectivity index (χ1n) is 14.2. The Kier molecular flexibility index (Phi) is 10.4. The third-order valence-corrected chi connectivity index (χ3v) is 7.30. The van der Waals surface area contributed by atoms with Gasteiger partial charge in [0.05, 0.1) is 38.3 Å². The van der Waals surface area contributed by atoms with Crippen LogP contribution in [-0.4, -0.2) is 42.8 Å². The minimum Gasteiger partial charge on any atom is -0.494 e. The van der Waals surface area contributed by atoms with Crippen molar-refractivity contribution in [1.82, 2.24) is 14.9 Å². The number of fused-ring (bicyclic) bond motifs is 1. The zero-order valence-corrected chi connectivity index (χ0v) is 24.1. The molecule has 4 rings (SSSR count). The van der Waals surface area contributed by atoms with Gasteiger partial charge < -0.3 is 24.1 Å². The Labute approximate surface area is 237 Å². The number of amides is 1. The number of methoxy groups -OCH3 is 2. The van der Waals surface area contributed by atoms with Crippen LogP contribution in [0.25, 0.3) is 11.0 Å². The van der Waals surface area contributed by atoms with Crippen LogP contribution < -0.4 is 19.5 Å². The number of nitrogens with zero attached hydrogens (tertiary/aromatic N) is 2. The van der Waals surface area contributed by atoms with E-state index in [2.05, 4.69) is 60.1 Å². The van der Waals surface area contributed by atoms with Crippen molar-refractivity contribution in [3.8, 4) is 17.2 Å². The number of hydrogen-bond acceptors (Lipinski definition) is 5. The molecule has 0 aliphatic heterocycles. The summed E-state index contributed by atoms with van der Waals surface area (Å²) in [7, 11) is 3.19. The zero-order valence-electron chi connectivity index (χ0n) is 24.1. The highest BCUT2D eigenvalue weighted by Gasteiger charge is 2.12. The highest BCUT2D eigenvalue weighted by molar-refractivity contribution is 5.79. The molecule has 1 unspecified atom stereocenters. The van der Waals surface area contributed by atoms with Gasteiger partial charge in [-0.05, 0) is 72.7 Å². The van der Waals surface area contributed by atoms with Crippen LogP contribution in [0.5, 0.6) is 17.2 Å². The van der Waals surface area contributed by atoms with Crippen molar-refractivity contribution < 1.29 is 19.0 Å². The summed E-state index contributed by atoms with van der Waals surface area (Å²) in [5, 5.41) is 3.04. The van der Waals surface area contributed by atoms with Gasteiger partial charge in [0.2, 0.25) is 5.91 Å². The van der Waals surface area contributed by atoms with Crippen LogP contribution in [0.4, 0.5) is 0 Å². The fraction of sp³-hybridized carbons (Fsp3) is 0.394. The minimum atomic E-state index is -0.0185. The molecule has 212 valence electrons. The van der Waals surface area contributed by atoms with Crippen LogP contribution in [0.15, 0.2) is 66.7 Å². The molecule has 0 aliphatic carbocycles. The summed E-state index contributed by atoms with van der Waals surface area (Å²) in [6.07, 6.45) is 3.89. The largest absolute Gasteiger partial charge is 0.494 e. The predicted octanol–water partition coefficient (Wildman–Crippen LogP) is 6.33. The predicted molar refractivity (Wildman–Crippen MR) is 160 cm³/mol. The number of carbonyl (C=O) groups is 1. The molecule has 0 spiro atoms. The third-order valence-electron chi connectivity index (χ3n) is 7.30. The number of rotatable bonds is 15. The van der Waals surface area contributed by atoms with Crippen molar-refractivity contribution >= 4 is 16.9 Å². The Hall–Kier alpha value is -4.00. The second kappa shape index (κ2) is 14.4. The molecular weight excluding hydrogens is 502 g/mol. The van der Waals surface area contributed by atoms with Crippen molar-refractivity contribution in [1.29, 1.82) is 0 Å². The molecule has 1 atom stereocenters. The van der Waals surface area contributed by atoms with Gasteiger partial charge in [0, 0.05) is 19.5 Å². The highest BCUT2D eigenvalue weighted by Crippen LogP contribution is 2.27. The number of carbonyl (C=O) groups excluding carboxylic acids is 1. The van der Waals surface area contributed by atoms with E-state index < -0.39 is 0 Å². The number of hydrogen-bond donors (Lipinski definition) is 1. The molecule has 4 aromatic rings. The number of benzene rings is 3. The summed E-state index contributed by atoms with van der Waals surface area (Å²) in [6.45, 7) is 6.51. The molecule has 1 amide bonds. The monoisotopic (exact) mass is 543 g/mol. The van der Waals surface area contributed by atoms with E-state index in [0.717, 1.165) is 60.4 Å². The normalized spacial score (nSPS) is 11.8. The van der Waals surface area contributed by atoms with Crippen LogP contribution in [-0.2, 0) is 24.2 Å². The van der Waals surface area contributed by atoms with E-state index in [1.54, 1.807) is 14.2 Å². The summed E-state index contributed by atoms with van der Waals surface area (Å²) in [5.41, 5.74) is 4.36. The number of ether oxygens (including phenoxy) is 3. The summed E-state index contributed by atoms with van der Waals surface area (Å²) in [5.74, 6) is 3.76. The maximum absolute atomic E-state index is 12.5. The molecule has 0 radical (unpaired) electrons.